The zero-order chi connectivity index (χ0) is 16.9. The molecule has 130 valence electrons. The lowest BCUT2D eigenvalue weighted by molar-refractivity contribution is -0.133. The number of nitrogens with one attached hydrogen (secondary N) is 1. The number of carbonyl (C=O) groups excluding carboxylic acids is 2. The number of carbonyl (C=O) groups is 2. The van der Waals surface area contributed by atoms with Crippen molar-refractivity contribution in [2.45, 2.75) is 6.92 Å². The fraction of sp³-hybridized carbons (Fsp3) is 0.556. The maximum absolute atomic E-state index is 12.3. The number of benzene rings is 1. The molecule has 24 heavy (non-hydrogen) atoms. The van der Waals surface area contributed by atoms with Gasteiger partial charge in [-0.25, -0.2) is 0 Å². The van der Waals surface area contributed by atoms with Gasteiger partial charge in [-0.2, -0.15) is 0 Å². The van der Waals surface area contributed by atoms with E-state index in [0.29, 0.717) is 6.54 Å². The summed E-state index contributed by atoms with van der Waals surface area (Å²) in [7, 11) is 0. The highest BCUT2D eigenvalue weighted by Crippen LogP contribution is 2.17. The van der Waals surface area contributed by atoms with Crippen molar-refractivity contribution in [1.29, 1.82) is 0 Å². The summed E-state index contributed by atoms with van der Waals surface area (Å²) in [6.07, 6.45) is 0. The van der Waals surface area contributed by atoms with E-state index in [-0.39, 0.29) is 11.7 Å². The molecule has 2 heterocycles. The van der Waals surface area contributed by atoms with Crippen LogP contribution in [0.3, 0.4) is 0 Å². The Morgan fingerprint density at radius 2 is 1.58 bits per heavy atom. The van der Waals surface area contributed by atoms with Gasteiger partial charge >= 0.3 is 0 Å². The van der Waals surface area contributed by atoms with Crippen LogP contribution in [0.5, 0.6) is 0 Å². The number of hydrogen-bond donors (Lipinski definition) is 1. The molecule has 2 saturated heterocycles. The van der Waals surface area contributed by atoms with Crippen LogP contribution in [0.2, 0.25) is 0 Å². The molecule has 0 spiro atoms. The van der Waals surface area contributed by atoms with E-state index in [0.717, 1.165) is 63.6 Å². The van der Waals surface area contributed by atoms with Gasteiger partial charge in [0.05, 0.1) is 6.54 Å². The van der Waals surface area contributed by atoms with Gasteiger partial charge in [-0.05, 0) is 31.2 Å². The van der Waals surface area contributed by atoms with Gasteiger partial charge in [0.25, 0.3) is 0 Å². The molecular weight excluding hydrogens is 304 g/mol. The van der Waals surface area contributed by atoms with Crippen molar-refractivity contribution in [1.82, 2.24) is 15.1 Å². The SMILES string of the molecule is CC(=O)c1ccc(N2CCN(CC(=O)N3CCNCC3)CC2)cc1. The smallest absolute Gasteiger partial charge is 0.236 e. The van der Waals surface area contributed by atoms with Gasteiger partial charge in [0.15, 0.2) is 5.78 Å². The quantitative estimate of drug-likeness (QED) is 0.812. The van der Waals surface area contributed by atoms with Crippen molar-refractivity contribution >= 4 is 17.4 Å². The van der Waals surface area contributed by atoms with E-state index >= 15 is 0 Å². The molecule has 1 N–H and O–H groups in total. The monoisotopic (exact) mass is 330 g/mol. The largest absolute Gasteiger partial charge is 0.369 e. The standard InChI is InChI=1S/C18H26N4O2/c1-15(23)16-2-4-17(5-3-16)21-12-10-20(11-13-21)14-18(24)22-8-6-19-7-9-22/h2-5,19H,6-14H2,1H3. The molecule has 1 aromatic carbocycles. The van der Waals surface area contributed by atoms with Crippen LogP contribution in [0, 0.1) is 0 Å². The first kappa shape index (κ1) is 16.9. The first-order valence-electron chi connectivity index (χ1n) is 8.70. The lowest BCUT2D eigenvalue weighted by atomic mass is 10.1. The van der Waals surface area contributed by atoms with Gasteiger partial charge in [-0.15, -0.1) is 0 Å². The molecule has 1 aromatic rings. The highest BCUT2D eigenvalue weighted by atomic mass is 16.2. The van der Waals surface area contributed by atoms with Crippen LogP contribution in [0.15, 0.2) is 24.3 Å². The Kier molecular flexibility index (Phi) is 5.48. The van der Waals surface area contributed by atoms with Crippen LogP contribution in [0.25, 0.3) is 0 Å². The highest BCUT2D eigenvalue weighted by Gasteiger charge is 2.22. The molecule has 0 radical (unpaired) electrons. The number of hydrogen-bond acceptors (Lipinski definition) is 5. The topological polar surface area (TPSA) is 55.9 Å². The summed E-state index contributed by atoms with van der Waals surface area (Å²) in [5, 5.41) is 3.27. The summed E-state index contributed by atoms with van der Waals surface area (Å²) in [6.45, 7) is 9.16. The van der Waals surface area contributed by atoms with Gasteiger partial charge in [-0.1, -0.05) is 0 Å². The van der Waals surface area contributed by atoms with Crippen LogP contribution in [0.1, 0.15) is 17.3 Å². The number of amides is 1. The summed E-state index contributed by atoms with van der Waals surface area (Å²) in [6, 6.07) is 7.80. The third-order valence-electron chi connectivity index (χ3n) is 4.84. The zero-order valence-corrected chi connectivity index (χ0v) is 14.3. The van der Waals surface area contributed by atoms with E-state index < -0.39 is 0 Å². The minimum atomic E-state index is 0.0952. The van der Waals surface area contributed by atoms with E-state index in [1.54, 1.807) is 6.92 Å². The minimum Gasteiger partial charge on any atom is -0.369 e. The fourth-order valence-corrected chi connectivity index (χ4v) is 3.28. The van der Waals surface area contributed by atoms with Crippen LogP contribution in [-0.4, -0.2) is 80.4 Å². The average Bonchev–Trinajstić information content (AvgIpc) is 2.63. The molecule has 0 unspecified atom stereocenters. The molecule has 6 nitrogen and oxygen atoms in total. The van der Waals surface area contributed by atoms with Gasteiger partial charge in [0.1, 0.15) is 0 Å². The minimum absolute atomic E-state index is 0.0952. The van der Waals surface area contributed by atoms with Crippen LogP contribution >= 0.6 is 0 Å². The third kappa shape index (κ3) is 4.13. The molecular formula is C18H26N4O2. The van der Waals surface area contributed by atoms with Crippen LogP contribution in [0.4, 0.5) is 5.69 Å². The van der Waals surface area contributed by atoms with E-state index in [1.165, 1.54) is 0 Å². The molecule has 0 aromatic heterocycles. The second-order valence-corrected chi connectivity index (χ2v) is 6.50. The number of anilines is 1. The summed E-state index contributed by atoms with van der Waals surface area (Å²) >= 11 is 0. The Morgan fingerprint density at radius 3 is 2.17 bits per heavy atom. The number of nitrogens with zero attached hydrogens (tertiary/aromatic N) is 3. The summed E-state index contributed by atoms with van der Waals surface area (Å²) < 4.78 is 0. The molecule has 3 rings (SSSR count). The number of rotatable bonds is 4. The molecule has 0 bridgehead atoms. The predicted molar refractivity (Wildman–Crippen MR) is 94.5 cm³/mol. The van der Waals surface area contributed by atoms with Gasteiger partial charge < -0.3 is 15.1 Å². The van der Waals surface area contributed by atoms with Crippen LogP contribution in [-0.2, 0) is 4.79 Å². The Hall–Kier alpha value is -1.92. The molecule has 0 atom stereocenters. The number of Topliss-reactive ketones (excluding diaryl/α,β-unsaturated/α-hetero) is 1. The molecule has 2 aliphatic heterocycles. The summed E-state index contributed by atoms with van der Waals surface area (Å²) in [5.41, 5.74) is 1.90. The van der Waals surface area contributed by atoms with Crippen molar-refractivity contribution in [3.05, 3.63) is 29.8 Å². The molecule has 1 amide bonds. The fourth-order valence-electron chi connectivity index (χ4n) is 3.28. The first-order chi connectivity index (χ1) is 11.6. The van der Waals surface area contributed by atoms with Gasteiger partial charge in [-0.3, -0.25) is 14.5 Å². The number of ketones is 1. The lowest BCUT2D eigenvalue weighted by Gasteiger charge is -2.37. The zero-order valence-electron chi connectivity index (χ0n) is 14.3. The maximum Gasteiger partial charge on any atom is 0.236 e. The van der Waals surface area contributed by atoms with E-state index in [2.05, 4.69) is 15.1 Å². The van der Waals surface area contributed by atoms with Gasteiger partial charge in [0.2, 0.25) is 5.91 Å². The van der Waals surface area contributed by atoms with Crippen molar-refractivity contribution in [3.8, 4) is 0 Å². The Balaban J connectivity index is 1.48. The second-order valence-electron chi connectivity index (χ2n) is 6.50. The van der Waals surface area contributed by atoms with Crippen molar-refractivity contribution in [2.75, 3.05) is 63.8 Å². The molecule has 2 aliphatic rings. The first-order valence-corrected chi connectivity index (χ1v) is 8.70. The molecule has 0 saturated carbocycles. The van der Waals surface area contributed by atoms with Crippen LogP contribution < -0.4 is 10.2 Å². The Labute approximate surface area is 143 Å². The molecule has 2 fully saturated rings. The summed E-state index contributed by atoms with van der Waals surface area (Å²) in [4.78, 5) is 30.2. The van der Waals surface area contributed by atoms with E-state index in [4.69, 9.17) is 0 Å². The van der Waals surface area contributed by atoms with Crippen molar-refractivity contribution in [3.63, 3.8) is 0 Å². The van der Waals surface area contributed by atoms with E-state index in [9.17, 15) is 9.59 Å². The highest BCUT2D eigenvalue weighted by molar-refractivity contribution is 5.94. The van der Waals surface area contributed by atoms with Crippen molar-refractivity contribution < 1.29 is 9.59 Å². The van der Waals surface area contributed by atoms with E-state index in [1.807, 2.05) is 29.2 Å². The normalized spacial score (nSPS) is 19.4. The molecule has 6 heteroatoms. The third-order valence-corrected chi connectivity index (χ3v) is 4.84. The Bertz CT molecular complexity index is 573. The lowest BCUT2D eigenvalue weighted by Crippen LogP contribution is -2.53. The second kappa shape index (κ2) is 7.77. The van der Waals surface area contributed by atoms with Crippen molar-refractivity contribution in [2.24, 2.45) is 0 Å². The number of piperazine rings is 2. The Morgan fingerprint density at radius 1 is 0.958 bits per heavy atom. The maximum atomic E-state index is 12.3. The predicted octanol–water partition coefficient (Wildman–Crippen LogP) is 0.443. The van der Waals surface area contributed by atoms with Gasteiger partial charge in [0, 0.05) is 63.6 Å². The average molecular weight is 330 g/mol. The molecule has 0 aliphatic carbocycles. The summed E-state index contributed by atoms with van der Waals surface area (Å²) in [5.74, 6) is 0.341.